The van der Waals surface area contributed by atoms with E-state index in [0.29, 0.717) is 11.2 Å². The van der Waals surface area contributed by atoms with Crippen molar-refractivity contribution < 1.29 is 33.8 Å². The molecule has 7 nitrogen and oxygen atoms in total. The maximum Gasteiger partial charge on any atom is 2.00 e. The topological polar surface area (TPSA) is 112 Å². The van der Waals surface area contributed by atoms with Crippen LogP contribution in [0.5, 0.6) is 0 Å². The number of rotatable bonds is 3. The molecule has 0 saturated heterocycles. The molecular weight excluding hydrogens is 621 g/mol. The van der Waals surface area contributed by atoms with Gasteiger partial charge in [-0.2, -0.15) is 0 Å². The van der Waals surface area contributed by atoms with E-state index in [2.05, 4.69) is 51.1 Å². The minimum Gasteiger partial charge on any atom is -0.657 e. The number of benzene rings is 2. The second-order valence-electron chi connectivity index (χ2n) is 11.8. The van der Waals surface area contributed by atoms with E-state index in [1.807, 2.05) is 42.5 Å². The molecule has 0 radical (unpaired) electrons. The van der Waals surface area contributed by atoms with E-state index >= 15 is 0 Å². The third kappa shape index (κ3) is 5.67. The van der Waals surface area contributed by atoms with Crippen molar-refractivity contribution in [3.8, 4) is 22.3 Å². The van der Waals surface area contributed by atoms with Crippen molar-refractivity contribution in [2.45, 2.75) is 32.6 Å². The Bertz CT molecular complexity index is 2140. The van der Waals surface area contributed by atoms with Gasteiger partial charge in [0.1, 0.15) is 0 Å². The zero-order valence-electron chi connectivity index (χ0n) is 24.7. The van der Waals surface area contributed by atoms with Gasteiger partial charge in [0.05, 0.1) is 16.7 Å². The number of nitrogens with zero attached hydrogens (tertiary/aromatic N) is 4. The summed E-state index contributed by atoms with van der Waals surface area (Å²) in [6, 6.07) is 26.8. The second kappa shape index (κ2) is 11.2. The molecule has 0 spiro atoms. The van der Waals surface area contributed by atoms with Gasteiger partial charge in [0, 0.05) is 23.2 Å². The first-order valence-corrected chi connectivity index (χ1v) is 15.7. The largest absolute Gasteiger partial charge is 2.00 e. The molecule has 214 valence electrons. The molecule has 3 aromatic heterocycles. The molecule has 7 rings (SSSR count). The summed E-state index contributed by atoms with van der Waals surface area (Å²) in [6.45, 7) is 6.45. The Hall–Kier alpha value is -3.93. The predicted octanol–water partition coefficient (Wildman–Crippen LogP) is 6.71. The number of fused-ring (bicyclic) bond motifs is 8. The van der Waals surface area contributed by atoms with Crippen LogP contribution in [0.15, 0.2) is 84.9 Å². The molecule has 2 aromatic carbocycles. The van der Waals surface area contributed by atoms with Crippen LogP contribution in [0.25, 0.3) is 56.5 Å². The quantitative estimate of drug-likeness (QED) is 0.162. The van der Waals surface area contributed by atoms with Crippen LogP contribution >= 0.6 is 7.60 Å². The molecular formula is C35H29N4O3PZn. The summed E-state index contributed by atoms with van der Waals surface area (Å²) in [5.41, 5.74) is 11.0. The van der Waals surface area contributed by atoms with Crippen LogP contribution in [0.1, 0.15) is 42.2 Å². The summed E-state index contributed by atoms with van der Waals surface area (Å²) in [7, 11) is -4.38. The Balaban J connectivity index is 0.00000343. The molecule has 0 saturated carbocycles. The summed E-state index contributed by atoms with van der Waals surface area (Å²) in [5, 5.41) is -0.0375. The minimum absolute atomic E-state index is 0. The van der Waals surface area contributed by atoms with E-state index < -0.39 is 7.60 Å². The third-order valence-corrected chi connectivity index (χ3v) is 8.97. The van der Waals surface area contributed by atoms with E-state index in [4.69, 9.17) is 19.9 Å². The Labute approximate surface area is 268 Å². The van der Waals surface area contributed by atoms with E-state index in [0.717, 1.165) is 67.9 Å². The standard InChI is InChI=1S/C35H29N4O3P.Zn/c1-21-4-6-22(7-5-21)33-29-15-11-25(37-29)19-32-35(2,3)20-26(38-32)18-24-10-14-28(36-24)34(31-17-16-30(33)39-31)23-8-12-27(13-9-23)43(40,41)42;/h4-19H,20H2,1-3H3,(H2,40,41,42);/q-2;+2. The normalized spacial score (nSPS) is 13.9. The van der Waals surface area contributed by atoms with E-state index in [1.165, 1.54) is 12.1 Å². The van der Waals surface area contributed by atoms with Crippen molar-refractivity contribution >= 4 is 47.1 Å². The molecule has 0 amide bonds. The summed E-state index contributed by atoms with van der Waals surface area (Å²) < 4.78 is 11.9. The van der Waals surface area contributed by atoms with Gasteiger partial charge in [-0.1, -0.05) is 92.2 Å². The van der Waals surface area contributed by atoms with Gasteiger partial charge in [-0.3, -0.25) is 9.55 Å². The molecule has 0 atom stereocenters. The van der Waals surface area contributed by atoms with Gasteiger partial charge in [0.2, 0.25) is 0 Å². The van der Waals surface area contributed by atoms with Gasteiger partial charge in [0.15, 0.2) is 0 Å². The first-order chi connectivity index (χ1) is 20.5. The van der Waals surface area contributed by atoms with Crippen molar-refractivity contribution in [1.82, 2.24) is 19.9 Å². The maximum absolute atomic E-state index is 11.9. The average molecular weight is 650 g/mol. The molecule has 8 bridgehead atoms. The van der Waals surface area contributed by atoms with Crippen molar-refractivity contribution in [2.24, 2.45) is 0 Å². The molecule has 2 aliphatic rings. The van der Waals surface area contributed by atoms with Gasteiger partial charge in [-0.15, -0.1) is 22.1 Å². The molecule has 2 N–H and O–H groups in total. The van der Waals surface area contributed by atoms with Crippen molar-refractivity contribution in [3.63, 3.8) is 0 Å². The van der Waals surface area contributed by atoms with Gasteiger partial charge >= 0.3 is 27.1 Å². The van der Waals surface area contributed by atoms with Crippen LogP contribution in [-0.2, 0) is 35.9 Å². The Kier molecular flexibility index (Phi) is 7.67. The fraction of sp³-hybridized carbons (Fsp3) is 0.143. The van der Waals surface area contributed by atoms with Crippen LogP contribution in [0.4, 0.5) is 0 Å². The molecule has 2 aliphatic heterocycles. The maximum atomic E-state index is 11.9. The summed E-state index contributed by atoms with van der Waals surface area (Å²) in [5.74, 6) is 0. The summed E-state index contributed by atoms with van der Waals surface area (Å²) >= 11 is 0. The summed E-state index contributed by atoms with van der Waals surface area (Å²) in [6.07, 6.45) is 4.74. The zero-order valence-corrected chi connectivity index (χ0v) is 28.6. The van der Waals surface area contributed by atoms with Crippen molar-refractivity contribution in [1.29, 1.82) is 0 Å². The number of aryl methyl sites for hydroxylation is 1. The molecule has 5 heterocycles. The SMILES string of the molecule is Cc1ccc(-c2c3nc(c(-c4ccc(P(=O)(O)O)cc4)c4ccc(cc5nc(cc6ccc2[n-]6)C(C)(C)C5)[n-]4)C=C3)cc1.[Zn+2]. The Morgan fingerprint density at radius 1 is 0.727 bits per heavy atom. The molecule has 5 aromatic rings. The Morgan fingerprint density at radius 3 is 1.80 bits per heavy atom. The minimum atomic E-state index is -4.38. The fourth-order valence-corrected chi connectivity index (χ4v) is 6.28. The third-order valence-electron chi connectivity index (χ3n) is 8.00. The van der Waals surface area contributed by atoms with E-state index in [9.17, 15) is 14.4 Å². The number of aromatic nitrogens is 4. The second-order valence-corrected chi connectivity index (χ2v) is 13.4. The zero-order chi connectivity index (χ0) is 29.9. The summed E-state index contributed by atoms with van der Waals surface area (Å²) in [4.78, 5) is 39.5. The number of hydrogen-bond donors (Lipinski definition) is 2. The van der Waals surface area contributed by atoms with Gasteiger partial charge < -0.3 is 19.8 Å². The first-order valence-electron chi connectivity index (χ1n) is 14.1. The van der Waals surface area contributed by atoms with Crippen molar-refractivity contribution in [3.05, 3.63) is 113 Å². The van der Waals surface area contributed by atoms with Gasteiger partial charge in [0.25, 0.3) is 0 Å². The van der Waals surface area contributed by atoms with Crippen LogP contribution < -0.4 is 15.3 Å². The van der Waals surface area contributed by atoms with Gasteiger partial charge in [-0.05, 0) is 53.5 Å². The fourth-order valence-electron chi connectivity index (χ4n) is 5.74. The van der Waals surface area contributed by atoms with Crippen LogP contribution in [-0.4, -0.2) is 19.8 Å². The predicted molar refractivity (Wildman–Crippen MR) is 172 cm³/mol. The van der Waals surface area contributed by atoms with Crippen LogP contribution in [0.2, 0.25) is 0 Å². The Morgan fingerprint density at radius 2 is 1.25 bits per heavy atom. The monoisotopic (exact) mass is 648 g/mol. The molecule has 0 fully saturated rings. The first kappa shape index (κ1) is 30.1. The smallest absolute Gasteiger partial charge is 0.657 e. The molecule has 0 aliphatic carbocycles. The van der Waals surface area contributed by atoms with E-state index in [1.54, 1.807) is 12.1 Å². The average Bonchev–Trinajstić information content (AvgIpc) is 3.75. The van der Waals surface area contributed by atoms with E-state index in [-0.39, 0.29) is 30.2 Å². The van der Waals surface area contributed by atoms with Gasteiger partial charge in [-0.25, -0.2) is 4.98 Å². The molecule has 0 unspecified atom stereocenters. The van der Waals surface area contributed by atoms with Crippen LogP contribution in [0, 0.1) is 6.92 Å². The van der Waals surface area contributed by atoms with Crippen molar-refractivity contribution in [2.75, 3.05) is 0 Å². The number of hydrogen-bond acceptors (Lipinski definition) is 3. The molecule has 9 heteroatoms. The van der Waals surface area contributed by atoms with Crippen LogP contribution in [0.3, 0.4) is 0 Å². The molecule has 44 heavy (non-hydrogen) atoms.